The van der Waals surface area contributed by atoms with Crippen LogP contribution in [0.3, 0.4) is 0 Å². The molecule has 0 aromatic rings. The van der Waals surface area contributed by atoms with Crippen molar-refractivity contribution in [2.45, 2.75) is 33.3 Å². The van der Waals surface area contributed by atoms with E-state index in [2.05, 4.69) is 5.32 Å². The van der Waals surface area contributed by atoms with Crippen molar-refractivity contribution >= 4 is 6.03 Å². The minimum atomic E-state index is -0.868. The Hall–Kier alpha value is -0.810. The maximum Gasteiger partial charge on any atom is 0.317 e. The van der Waals surface area contributed by atoms with Crippen LogP contribution in [0.15, 0.2) is 0 Å². The van der Waals surface area contributed by atoms with Crippen molar-refractivity contribution in [2.75, 3.05) is 32.8 Å². The van der Waals surface area contributed by atoms with Crippen LogP contribution < -0.4 is 5.32 Å². The highest BCUT2D eigenvalue weighted by Gasteiger charge is 2.20. The van der Waals surface area contributed by atoms with Crippen LogP contribution in [0, 0.1) is 0 Å². The molecule has 0 aliphatic rings. The van der Waals surface area contributed by atoms with Gasteiger partial charge in [0.15, 0.2) is 0 Å². The first kappa shape index (κ1) is 15.2. The predicted octanol–water partition coefficient (Wildman–Crippen LogP) is 0.825. The molecule has 5 heteroatoms. The topological polar surface area (TPSA) is 61.8 Å². The Kier molecular flexibility index (Phi) is 7.08. The van der Waals surface area contributed by atoms with Crippen LogP contribution in [-0.4, -0.2) is 54.5 Å². The van der Waals surface area contributed by atoms with Crippen LogP contribution in [0.1, 0.15) is 27.7 Å². The van der Waals surface area contributed by atoms with E-state index in [1.165, 1.54) is 0 Å². The van der Waals surface area contributed by atoms with Gasteiger partial charge in [-0.25, -0.2) is 4.79 Å². The Labute approximate surface area is 97.8 Å². The number of hydrogen-bond acceptors (Lipinski definition) is 3. The largest absolute Gasteiger partial charge is 0.389 e. The fraction of sp³-hybridized carbons (Fsp3) is 0.909. The van der Waals surface area contributed by atoms with Gasteiger partial charge in [-0.15, -0.1) is 0 Å². The zero-order valence-electron chi connectivity index (χ0n) is 10.7. The van der Waals surface area contributed by atoms with Crippen molar-refractivity contribution in [2.24, 2.45) is 0 Å². The molecule has 0 aromatic heterocycles. The molecule has 0 rings (SSSR count). The lowest BCUT2D eigenvalue weighted by Gasteiger charge is -2.28. The van der Waals surface area contributed by atoms with E-state index in [4.69, 9.17) is 4.74 Å². The van der Waals surface area contributed by atoms with Crippen molar-refractivity contribution in [3.8, 4) is 0 Å². The molecule has 0 unspecified atom stereocenters. The summed E-state index contributed by atoms with van der Waals surface area (Å²) < 4.78 is 5.12. The van der Waals surface area contributed by atoms with Gasteiger partial charge < -0.3 is 20.1 Å². The molecule has 0 radical (unpaired) electrons. The number of aliphatic hydroxyl groups is 1. The summed E-state index contributed by atoms with van der Waals surface area (Å²) in [5.74, 6) is 0. The van der Waals surface area contributed by atoms with Gasteiger partial charge in [-0.05, 0) is 27.7 Å². The highest BCUT2D eigenvalue weighted by Crippen LogP contribution is 2.04. The molecule has 96 valence electrons. The smallest absolute Gasteiger partial charge is 0.317 e. The molecule has 0 saturated heterocycles. The Morgan fingerprint density at radius 3 is 2.50 bits per heavy atom. The average Bonchev–Trinajstić information content (AvgIpc) is 2.19. The molecule has 0 aliphatic heterocycles. The third kappa shape index (κ3) is 7.48. The first-order valence-electron chi connectivity index (χ1n) is 5.73. The molecule has 0 aromatic carbocycles. The maximum absolute atomic E-state index is 11.7. The molecule has 0 saturated carbocycles. The van der Waals surface area contributed by atoms with E-state index >= 15 is 0 Å². The fourth-order valence-electron chi connectivity index (χ4n) is 1.28. The molecule has 5 nitrogen and oxygen atoms in total. The SMILES string of the molecule is CCOCCNC(=O)N(CC)CC(C)(C)O. The lowest BCUT2D eigenvalue weighted by molar-refractivity contribution is 0.0476. The normalized spacial score (nSPS) is 11.3. The zero-order chi connectivity index (χ0) is 12.6. The van der Waals surface area contributed by atoms with E-state index in [1.807, 2.05) is 13.8 Å². The quantitative estimate of drug-likeness (QED) is 0.639. The summed E-state index contributed by atoms with van der Waals surface area (Å²) in [5.41, 5.74) is -0.868. The van der Waals surface area contributed by atoms with Crippen molar-refractivity contribution in [1.29, 1.82) is 0 Å². The van der Waals surface area contributed by atoms with Gasteiger partial charge in [0, 0.05) is 19.7 Å². The average molecular weight is 232 g/mol. The summed E-state index contributed by atoms with van der Waals surface area (Å²) in [7, 11) is 0. The number of ether oxygens (including phenoxy) is 1. The first-order valence-corrected chi connectivity index (χ1v) is 5.73. The lowest BCUT2D eigenvalue weighted by Crippen LogP contribution is -2.47. The number of carbonyl (C=O) groups excluding carboxylic acids is 1. The molecule has 2 amide bonds. The Balaban J connectivity index is 3.92. The van der Waals surface area contributed by atoms with Gasteiger partial charge >= 0.3 is 6.03 Å². The molecule has 0 spiro atoms. The first-order chi connectivity index (χ1) is 7.40. The van der Waals surface area contributed by atoms with E-state index in [0.29, 0.717) is 32.8 Å². The second kappa shape index (κ2) is 7.46. The predicted molar refractivity (Wildman–Crippen MR) is 63.4 cm³/mol. The number of likely N-dealkylation sites (N-methyl/N-ethyl adjacent to an activating group) is 1. The summed E-state index contributed by atoms with van der Waals surface area (Å²) in [5, 5.41) is 12.4. The molecule has 0 heterocycles. The van der Waals surface area contributed by atoms with Crippen molar-refractivity contribution in [1.82, 2.24) is 10.2 Å². The van der Waals surface area contributed by atoms with Crippen LogP contribution in [0.25, 0.3) is 0 Å². The Morgan fingerprint density at radius 1 is 1.44 bits per heavy atom. The van der Waals surface area contributed by atoms with Crippen molar-refractivity contribution < 1.29 is 14.6 Å². The van der Waals surface area contributed by atoms with Gasteiger partial charge in [-0.1, -0.05) is 0 Å². The van der Waals surface area contributed by atoms with E-state index in [1.54, 1.807) is 18.7 Å². The summed E-state index contributed by atoms with van der Waals surface area (Å²) in [6, 6.07) is -0.163. The van der Waals surface area contributed by atoms with Gasteiger partial charge in [-0.3, -0.25) is 0 Å². The number of nitrogens with one attached hydrogen (secondary N) is 1. The van der Waals surface area contributed by atoms with Crippen LogP contribution in [0.4, 0.5) is 4.79 Å². The zero-order valence-corrected chi connectivity index (χ0v) is 10.7. The van der Waals surface area contributed by atoms with E-state index in [-0.39, 0.29) is 6.03 Å². The van der Waals surface area contributed by atoms with E-state index in [9.17, 15) is 9.90 Å². The molecule has 0 fully saturated rings. The molecule has 16 heavy (non-hydrogen) atoms. The molecule has 0 bridgehead atoms. The van der Waals surface area contributed by atoms with E-state index < -0.39 is 5.60 Å². The number of carbonyl (C=O) groups is 1. The van der Waals surface area contributed by atoms with Gasteiger partial charge in [-0.2, -0.15) is 0 Å². The second-order valence-corrected chi connectivity index (χ2v) is 4.26. The van der Waals surface area contributed by atoms with Gasteiger partial charge in [0.25, 0.3) is 0 Å². The third-order valence-electron chi connectivity index (χ3n) is 1.97. The number of urea groups is 1. The highest BCUT2D eigenvalue weighted by molar-refractivity contribution is 5.74. The molecule has 2 N–H and O–H groups in total. The third-order valence-corrected chi connectivity index (χ3v) is 1.97. The van der Waals surface area contributed by atoms with Crippen LogP contribution in [0.2, 0.25) is 0 Å². The Bertz CT molecular complexity index is 202. The standard InChI is InChI=1S/C11H24N2O3/c1-5-13(9-11(3,4)15)10(14)12-7-8-16-6-2/h15H,5-9H2,1-4H3,(H,12,14). The number of hydrogen-bond donors (Lipinski definition) is 2. The molecule has 0 atom stereocenters. The highest BCUT2D eigenvalue weighted by atomic mass is 16.5. The number of rotatable bonds is 7. The molecular formula is C11H24N2O3. The van der Waals surface area contributed by atoms with Gasteiger partial charge in [0.05, 0.1) is 18.8 Å². The van der Waals surface area contributed by atoms with Crippen molar-refractivity contribution in [3.63, 3.8) is 0 Å². The second-order valence-electron chi connectivity index (χ2n) is 4.26. The van der Waals surface area contributed by atoms with Crippen LogP contribution >= 0.6 is 0 Å². The van der Waals surface area contributed by atoms with E-state index in [0.717, 1.165) is 0 Å². The Morgan fingerprint density at radius 2 is 2.06 bits per heavy atom. The summed E-state index contributed by atoms with van der Waals surface area (Å²) in [4.78, 5) is 13.2. The lowest BCUT2D eigenvalue weighted by atomic mass is 10.1. The summed E-state index contributed by atoms with van der Waals surface area (Å²) >= 11 is 0. The summed E-state index contributed by atoms with van der Waals surface area (Å²) in [6.07, 6.45) is 0. The van der Waals surface area contributed by atoms with Gasteiger partial charge in [0.2, 0.25) is 0 Å². The number of nitrogens with zero attached hydrogens (tertiary/aromatic N) is 1. The van der Waals surface area contributed by atoms with Gasteiger partial charge in [0.1, 0.15) is 0 Å². The van der Waals surface area contributed by atoms with Crippen LogP contribution in [-0.2, 0) is 4.74 Å². The molecule has 0 aliphatic carbocycles. The minimum absolute atomic E-state index is 0.163. The fourth-order valence-corrected chi connectivity index (χ4v) is 1.28. The number of amides is 2. The monoisotopic (exact) mass is 232 g/mol. The minimum Gasteiger partial charge on any atom is -0.389 e. The maximum atomic E-state index is 11.7. The molecular weight excluding hydrogens is 208 g/mol. The van der Waals surface area contributed by atoms with Crippen LogP contribution in [0.5, 0.6) is 0 Å². The summed E-state index contributed by atoms with van der Waals surface area (Å²) in [6.45, 7) is 9.72. The van der Waals surface area contributed by atoms with Crippen molar-refractivity contribution in [3.05, 3.63) is 0 Å².